The van der Waals surface area contributed by atoms with Gasteiger partial charge < -0.3 is 4.74 Å². The van der Waals surface area contributed by atoms with Gasteiger partial charge in [0.25, 0.3) is 0 Å². The Hall–Kier alpha value is -2.08. The van der Waals surface area contributed by atoms with E-state index in [-0.39, 0.29) is 11.4 Å². The van der Waals surface area contributed by atoms with E-state index < -0.39 is 5.54 Å². The minimum atomic E-state index is -0.543. The fraction of sp³-hybridized carbons (Fsp3) is 0.520. The van der Waals surface area contributed by atoms with Gasteiger partial charge in [-0.2, -0.15) is 0 Å². The number of pyridine rings is 1. The Morgan fingerprint density at radius 1 is 1.03 bits per heavy atom. The van der Waals surface area contributed by atoms with E-state index in [9.17, 15) is 4.79 Å². The summed E-state index contributed by atoms with van der Waals surface area (Å²) in [4.78, 5) is 23.1. The van der Waals surface area contributed by atoms with Crippen molar-refractivity contribution in [2.75, 3.05) is 32.8 Å². The highest BCUT2D eigenvalue weighted by molar-refractivity contribution is 6.02. The minimum absolute atomic E-state index is 0.143. The molecular formula is C25H33N3O2. The zero-order valence-electron chi connectivity index (χ0n) is 18.4. The van der Waals surface area contributed by atoms with Crippen molar-refractivity contribution in [2.45, 2.75) is 50.8 Å². The first-order valence-electron chi connectivity index (χ1n) is 11.1. The average molecular weight is 408 g/mol. The molecule has 4 rings (SSSR count). The lowest BCUT2D eigenvalue weighted by Crippen LogP contribution is -2.65. The van der Waals surface area contributed by atoms with E-state index >= 15 is 0 Å². The number of piperazine rings is 1. The third-order valence-electron chi connectivity index (χ3n) is 6.80. The van der Waals surface area contributed by atoms with Crippen LogP contribution in [0.1, 0.15) is 55.7 Å². The monoisotopic (exact) mass is 407 g/mol. The number of benzene rings is 1. The van der Waals surface area contributed by atoms with Crippen LogP contribution in [-0.2, 0) is 4.74 Å². The van der Waals surface area contributed by atoms with E-state index in [1.54, 1.807) is 6.20 Å². The molecule has 0 amide bonds. The summed E-state index contributed by atoms with van der Waals surface area (Å²) in [5.41, 5.74) is 1.04. The lowest BCUT2D eigenvalue weighted by molar-refractivity contribution is -0.114. The summed E-state index contributed by atoms with van der Waals surface area (Å²) in [5, 5.41) is 0. The SMILES string of the molecule is CC(c1ccccc1)N1CCN(C2(C(=O)c3ccccn3)CCOC(C)(C)C2)CC1. The molecule has 0 aliphatic carbocycles. The van der Waals surface area contributed by atoms with Crippen molar-refractivity contribution in [2.24, 2.45) is 0 Å². The van der Waals surface area contributed by atoms with Crippen LogP contribution in [0.4, 0.5) is 0 Å². The van der Waals surface area contributed by atoms with Gasteiger partial charge in [-0.25, -0.2) is 0 Å². The van der Waals surface area contributed by atoms with Crippen molar-refractivity contribution in [3.05, 3.63) is 66.0 Å². The van der Waals surface area contributed by atoms with Crippen LogP contribution >= 0.6 is 0 Å². The predicted molar refractivity (Wildman–Crippen MR) is 119 cm³/mol. The van der Waals surface area contributed by atoms with Crippen LogP contribution in [0, 0.1) is 0 Å². The molecule has 1 aromatic heterocycles. The van der Waals surface area contributed by atoms with Crippen LogP contribution in [0.3, 0.4) is 0 Å². The maximum absolute atomic E-state index is 13.8. The lowest BCUT2D eigenvalue weighted by atomic mass is 9.75. The number of carbonyl (C=O) groups is 1. The molecule has 3 heterocycles. The minimum Gasteiger partial charge on any atom is -0.375 e. The molecule has 0 saturated carbocycles. The number of Topliss-reactive ketones (excluding diaryl/α,β-unsaturated/α-hetero) is 1. The summed E-state index contributed by atoms with van der Waals surface area (Å²) in [6, 6.07) is 16.7. The Kier molecular flexibility index (Phi) is 6.05. The Balaban J connectivity index is 1.55. The van der Waals surface area contributed by atoms with Crippen LogP contribution in [0.15, 0.2) is 54.7 Å². The lowest BCUT2D eigenvalue weighted by Gasteiger charge is -2.52. The van der Waals surface area contributed by atoms with Gasteiger partial charge in [-0.05, 0) is 44.9 Å². The van der Waals surface area contributed by atoms with Gasteiger partial charge in [0.1, 0.15) is 5.69 Å². The highest BCUT2D eigenvalue weighted by atomic mass is 16.5. The molecule has 2 unspecified atom stereocenters. The second-order valence-corrected chi connectivity index (χ2v) is 9.22. The van der Waals surface area contributed by atoms with Gasteiger partial charge >= 0.3 is 0 Å². The number of carbonyl (C=O) groups excluding carboxylic acids is 1. The van der Waals surface area contributed by atoms with Gasteiger partial charge in [0, 0.05) is 51.4 Å². The molecular weight excluding hydrogens is 374 g/mol. The molecule has 2 aliphatic rings. The smallest absolute Gasteiger partial charge is 0.201 e. The highest BCUT2D eigenvalue weighted by Crippen LogP contribution is 2.39. The molecule has 160 valence electrons. The fourth-order valence-electron chi connectivity index (χ4n) is 5.16. The van der Waals surface area contributed by atoms with Gasteiger partial charge in [0.2, 0.25) is 5.78 Å². The molecule has 5 heteroatoms. The van der Waals surface area contributed by atoms with Crippen LogP contribution in [0.5, 0.6) is 0 Å². The Bertz CT molecular complexity index is 847. The van der Waals surface area contributed by atoms with E-state index in [1.165, 1.54) is 5.56 Å². The van der Waals surface area contributed by atoms with Crippen LogP contribution in [0.2, 0.25) is 0 Å². The van der Waals surface area contributed by atoms with Crippen molar-refractivity contribution >= 4 is 5.78 Å². The molecule has 0 radical (unpaired) electrons. The Labute approximate surface area is 180 Å². The molecule has 5 nitrogen and oxygen atoms in total. The Morgan fingerprint density at radius 3 is 2.37 bits per heavy atom. The van der Waals surface area contributed by atoms with Gasteiger partial charge in [-0.1, -0.05) is 36.4 Å². The summed E-state index contributed by atoms with van der Waals surface area (Å²) < 4.78 is 6.00. The fourth-order valence-corrected chi connectivity index (χ4v) is 5.16. The van der Waals surface area contributed by atoms with E-state index in [0.29, 0.717) is 24.8 Å². The first kappa shape index (κ1) is 21.2. The first-order chi connectivity index (χ1) is 14.4. The summed E-state index contributed by atoms with van der Waals surface area (Å²) >= 11 is 0. The molecule has 0 spiro atoms. The Morgan fingerprint density at radius 2 is 1.73 bits per heavy atom. The second-order valence-electron chi connectivity index (χ2n) is 9.22. The molecule has 1 aromatic carbocycles. The van der Waals surface area contributed by atoms with Crippen molar-refractivity contribution in [3.8, 4) is 0 Å². The number of ether oxygens (including phenoxy) is 1. The normalized spacial score (nSPS) is 26.2. The molecule has 2 aromatic rings. The summed E-state index contributed by atoms with van der Waals surface area (Å²) in [6.45, 7) is 10.7. The highest BCUT2D eigenvalue weighted by Gasteiger charge is 2.51. The summed E-state index contributed by atoms with van der Waals surface area (Å²) in [6.07, 6.45) is 3.13. The molecule has 0 N–H and O–H groups in total. The topological polar surface area (TPSA) is 45.7 Å². The molecule has 0 bridgehead atoms. The van der Waals surface area contributed by atoms with Crippen molar-refractivity contribution in [3.63, 3.8) is 0 Å². The molecule has 2 saturated heterocycles. The van der Waals surface area contributed by atoms with Crippen molar-refractivity contribution in [1.82, 2.24) is 14.8 Å². The van der Waals surface area contributed by atoms with Gasteiger partial charge in [0.05, 0.1) is 11.1 Å². The zero-order chi connectivity index (χ0) is 21.2. The van der Waals surface area contributed by atoms with Crippen molar-refractivity contribution in [1.29, 1.82) is 0 Å². The molecule has 2 aliphatic heterocycles. The molecule has 2 fully saturated rings. The maximum atomic E-state index is 13.8. The molecule has 2 atom stereocenters. The van der Waals surface area contributed by atoms with E-state index in [1.807, 2.05) is 18.2 Å². The number of hydrogen-bond acceptors (Lipinski definition) is 5. The predicted octanol–water partition coefficient (Wildman–Crippen LogP) is 3.97. The van der Waals surface area contributed by atoms with Crippen LogP contribution < -0.4 is 0 Å². The standard InChI is InChI=1S/C25H33N3O2/c1-20(21-9-5-4-6-10-21)27-14-16-28(17-15-27)25(12-18-30-24(2,3)19-25)23(29)22-11-7-8-13-26-22/h4-11,13,20H,12,14-19H2,1-3H3. The zero-order valence-corrected chi connectivity index (χ0v) is 18.4. The van der Waals surface area contributed by atoms with Gasteiger partial charge in [-0.15, -0.1) is 0 Å². The van der Waals surface area contributed by atoms with Crippen molar-refractivity contribution < 1.29 is 9.53 Å². The third-order valence-corrected chi connectivity index (χ3v) is 6.80. The van der Waals surface area contributed by atoms with E-state index in [0.717, 1.165) is 32.6 Å². The number of rotatable bonds is 5. The number of ketones is 1. The number of hydrogen-bond donors (Lipinski definition) is 0. The van der Waals surface area contributed by atoms with Gasteiger partial charge in [0.15, 0.2) is 0 Å². The van der Waals surface area contributed by atoms with Gasteiger partial charge in [-0.3, -0.25) is 19.6 Å². The number of nitrogens with zero attached hydrogens (tertiary/aromatic N) is 3. The van der Waals surface area contributed by atoms with Crippen LogP contribution in [0.25, 0.3) is 0 Å². The average Bonchev–Trinajstić information content (AvgIpc) is 2.78. The second kappa shape index (κ2) is 8.58. The quantitative estimate of drug-likeness (QED) is 0.702. The largest absolute Gasteiger partial charge is 0.375 e. The van der Waals surface area contributed by atoms with E-state index in [2.05, 4.69) is 65.9 Å². The summed E-state index contributed by atoms with van der Waals surface area (Å²) in [7, 11) is 0. The molecule has 30 heavy (non-hydrogen) atoms. The first-order valence-corrected chi connectivity index (χ1v) is 11.1. The number of aromatic nitrogens is 1. The third kappa shape index (κ3) is 4.20. The maximum Gasteiger partial charge on any atom is 0.201 e. The van der Waals surface area contributed by atoms with E-state index in [4.69, 9.17) is 4.74 Å². The van der Waals surface area contributed by atoms with Crippen LogP contribution in [-0.4, -0.2) is 64.5 Å². The summed E-state index contributed by atoms with van der Waals surface area (Å²) in [5.74, 6) is 0.143.